The van der Waals surface area contributed by atoms with E-state index in [2.05, 4.69) is 12.0 Å². The molecule has 0 amide bonds. The second-order valence-corrected chi connectivity index (χ2v) is 2.76. The Bertz CT molecular complexity index is 276. The molecule has 5 nitrogen and oxygen atoms in total. The largest absolute Gasteiger partial charge is 0.481 e. The molecule has 0 unspecified atom stereocenters. The molecular formula is C9H13NO4. The topological polar surface area (TPSA) is 77.8 Å². The van der Waals surface area contributed by atoms with Gasteiger partial charge in [0.25, 0.3) is 0 Å². The van der Waals surface area contributed by atoms with Crippen molar-refractivity contribution in [3.8, 4) is 12.0 Å². The van der Waals surface area contributed by atoms with Crippen molar-refractivity contribution in [3.05, 3.63) is 0 Å². The first kappa shape index (κ1) is 12.3. The summed E-state index contributed by atoms with van der Waals surface area (Å²) in [6, 6.07) is 1.70. The van der Waals surface area contributed by atoms with Crippen molar-refractivity contribution in [1.82, 2.24) is 4.90 Å². The lowest BCUT2D eigenvalue weighted by Gasteiger charge is -2.19. The van der Waals surface area contributed by atoms with Crippen molar-refractivity contribution in [1.29, 1.82) is 0 Å². The van der Waals surface area contributed by atoms with Crippen LogP contribution in [-0.2, 0) is 9.59 Å². The summed E-state index contributed by atoms with van der Waals surface area (Å²) in [6.07, 6.45) is -0.122. The van der Waals surface area contributed by atoms with Crippen LogP contribution in [0.3, 0.4) is 0 Å². The molecule has 0 aliphatic rings. The van der Waals surface area contributed by atoms with Crippen molar-refractivity contribution >= 4 is 11.9 Å². The molecule has 0 aromatic rings. The number of rotatable bonds is 5. The number of carbonyl (C=O) groups is 2. The van der Waals surface area contributed by atoms with Gasteiger partial charge in [-0.3, -0.25) is 4.79 Å². The number of hydrogen-bond donors (Lipinski definition) is 2. The lowest BCUT2D eigenvalue weighted by Crippen LogP contribution is -2.35. The van der Waals surface area contributed by atoms with E-state index in [1.807, 2.05) is 0 Å². The van der Waals surface area contributed by atoms with Crippen LogP contribution in [0.2, 0.25) is 0 Å². The predicted octanol–water partition coefficient (Wildman–Crippen LogP) is 0.217. The number of carboxylic acids is 2. The van der Waals surface area contributed by atoms with Gasteiger partial charge < -0.3 is 15.1 Å². The van der Waals surface area contributed by atoms with E-state index >= 15 is 0 Å². The maximum Gasteiger partial charge on any atom is 0.327 e. The van der Waals surface area contributed by atoms with E-state index in [1.165, 1.54) is 11.9 Å². The van der Waals surface area contributed by atoms with E-state index in [0.717, 1.165) is 0 Å². The highest BCUT2D eigenvalue weighted by atomic mass is 16.4. The summed E-state index contributed by atoms with van der Waals surface area (Å²) in [5, 5.41) is 17.2. The van der Waals surface area contributed by atoms with Gasteiger partial charge in [-0.25, -0.2) is 4.79 Å². The summed E-state index contributed by atoms with van der Waals surface area (Å²) >= 11 is 0. The molecule has 2 N–H and O–H groups in total. The summed E-state index contributed by atoms with van der Waals surface area (Å²) in [7, 11) is 1.52. The van der Waals surface area contributed by atoms with Crippen molar-refractivity contribution < 1.29 is 19.8 Å². The fourth-order valence-electron chi connectivity index (χ4n) is 0.997. The first-order valence-corrected chi connectivity index (χ1v) is 4.08. The zero-order valence-corrected chi connectivity index (χ0v) is 8.15. The van der Waals surface area contributed by atoms with Crippen LogP contribution in [0.25, 0.3) is 0 Å². The second-order valence-electron chi connectivity index (χ2n) is 2.76. The van der Waals surface area contributed by atoms with Gasteiger partial charge in [0.1, 0.15) is 6.04 Å². The SMILES string of the molecule is CC#CN(C)[C@@H](CCC(=O)O)C(=O)O. The Balaban J connectivity index is 4.34. The Labute approximate surface area is 82.3 Å². The van der Waals surface area contributed by atoms with E-state index in [0.29, 0.717) is 0 Å². The highest BCUT2D eigenvalue weighted by Crippen LogP contribution is 2.04. The first-order valence-electron chi connectivity index (χ1n) is 4.08. The van der Waals surface area contributed by atoms with Gasteiger partial charge in [-0.2, -0.15) is 0 Å². The molecule has 0 aromatic carbocycles. The monoisotopic (exact) mass is 199 g/mol. The zero-order valence-electron chi connectivity index (χ0n) is 8.15. The number of aliphatic carboxylic acids is 2. The summed E-state index contributed by atoms with van der Waals surface area (Å²) in [5.74, 6) is 0.491. The van der Waals surface area contributed by atoms with Crippen molar-refractivity contribution in [2.24, 2.45) is 0 Å². The van der Waals surface area contributed by atoms with Gasteiger partial charge in [0, 0.05) is 19.5 Å². The van der Waals surface area contributed by atoms with Gasteiger partial charge in [0.15, 0.2) is 0 Å². The van der Waals surface area contributed by atoms with E-state index < -0.39 is 18.0 Å². The van der Waals surface area contributed by atoms with Crippen LogP contribution in [0.1, 0.15) is 19.8 Å². The molecule has 0 saturated heterocycles. The third-order valence-electron chi connectivity index (χ3n) is 1.67. The minimum Gasteiger partial charge on any atom is -0.481 e. The third kappa shape index (κ3) is 4.36. The van der Waals surface area contributed by atoms with Gasteiger partial charge in [-0.15, -0.1) is 0 Å². The summed E-state index contributed by atoms with van der Waals surface area (Å²) in [4.78, 5) is 22.3. The molecule has 1 atom stereocenters. The maximum absolute atomic E-state index is 10.7. The van der Waals surface area contributed by atoms with Gasteiger partial charge in [0.05, 0.1) is 0 Å². The van der Waals surface area contributed by atoms with Crippen LogP contribution >= 0.6 is 0 Å². The quantitative estimate of drug-likeness (QED) is 0.489. The van der Waals surface area contributed by atoms with Crippen molar-refractivity contribution in [3.63, 3.8) is 0 Å². The van der Waals surface area contributed by atoms with Crippen LogP contribution in [-0.4, -0.2) is 40.1 Å². The van der Waals surface area contributed by atoms with E-state index in [9.17, 15) is 9.59 Å². The molecular weight excluding hydrogens is 186 g/mol. The molecule has 0 saturated carbocycles. The van der Waals surface area contributed by atoms with Gasteiger partial charge >= 0.3 is 11.9 Å². The normalized spacial score (nSPS) is 11.0. The molecule has 14 heavy (non-hydrogen) atoms. The number of carboxylic acid groups (broad SMARTS) is 2. The Hall–Kier alpha value is -1.70. The lowest BCUT2D eigenvalue weighted by atomic mass is 10.1. The first-order chi connectivity index (χ1) is 6.49. The Morgan fingerprint density at radius 1 is 1.43 bits per heavy atom. The summed E-state index contributed by atoms with van der Waals surface area (Å²) < 4.78 is 0. The number of likely N-dealkylation sites (N-methyl/N-ethyl adjacent to an activating group) is 1. The number of hydrogen-bond acceptors (Lipinski definition) is 3. The molecule has 0 radical (unpaired) electrons. The van der Waals surface area contributed by atoms with Crippen LogP contribution in [0.5, 0.6) is 0 Å². The van der Waals surface area contributed by atoms with Gasteiger partial charge in [-0.1, -0.05) is 5.92 Å². The minimum atomic E-state index is -1.06. The van der Waals surface area contributed by atoms with E-state index in [4.69, 9.17) is 10.2 Å². The molecule has 0 rings (SSSR count). The van der Waals surface area contributed by atoms with Crippen LogP contribution in [0, 0.1) is 12.0 Å². The molecule has 0 aliphatic heterocycles. The Morgan fingerprint density at radius 2 is 2.00 bits per heavy atom. The average molecular weight is 199 g/mol. The molecule has 0 fully saturated rings. The maximum atomic E-state index is 10.7. The molecule has 0 aliphatic carbocycles. The molecule has 0 spiro atoms. The molecule has 5 heteroatoms. The molecule has 0 aromatic heterocycles. The zero-order chi connectivity index (χ0) is 11.1. The van der Waals surface area contributed by atoms with E-state index in [1.54, 1.807) is 6.92 Å². The third-order valence-corrected chi connectivity index (χ3v) is 1.67. The fourth-order valence-corrected chi connectivity index (χ4v) is 0.997. The van der Waals surface area contributed by atoms with Gasteiger partial charge in [0.2, 0.25) is 0 Å². The van der Waals surface area contributed by atoms with Crippen molar-refractivity contribution in [2.45, 2.75) is 25.8 Å². The second kappa shape index (κ2) is 5.86. The Kier molecular flexibility index (Phi) is 5.15. The van der Waals surface area contributed by atoms with E-state index in [-0.39, 0.29) is 12.8 Å². The smallest absolute Gasteiger partial charge is 0.327 e. The number of nitrogens with zero attached hydrogens (tertiary/aromatic N) is 1. The summed E-state index contributed by atoms with van der Waals surface area (Å²) in [5.41, 5.74) is 0. The standard InChI is InChI=1S/C9H13NO4/c1-3-6-10(2)7(9(13)14)4-5-8(11)12/h7H,4-5H2,1-2H3,(H,11,12)(H,13,14)/t7-/m0/s1. The minimum absolute atomic E-state index is 0.0514. The molecule has 0 heterocycles. The lowest BCUT2D eigenvalue weighted by molar-refractivity contribution is -0.142. The average Bonchev–Trinajstić information content (AvgIpc) is 2.03. The highest BCUT2D eigenvalue weighted by molar-refractivity contribution is 5.75. The molecule has 0 bridgehead atoms. The Morgan fingerprint density at radius 3 is 2.36 bits per heavy atom. The van der Waals surface area contributed by atoms with Crippen molar-refractivity contribution in [2.75, 3.05) is 7.05 Å². The fraction of sp³-hybridized carbons (Fsp3) is 0.556. The highest BCUT2D eigenvalue weighted by Gasteiger charge is 2.21. The van der Waals surface area contributed by atoms with Crippen LogP contribution in [0.15, 0.2) is 0 Å². The molecule has 78 valence electrons. The van der Waals surface area contributed by atoms with Crippen LogP contribution < -0.4 is 0 Å². The predicted molar refractivity (Wildman–Crippen MR) is 49.5 cm³/mol. The summed E-state index contributed by atoms with van der Waals surface area (Å²) in [6.45, 7) is 1.59. The van der Waals surface area contributed by atoms with Gasteiger partial charge in [-0.05, 0) is 13.3 Å². The van der Waals surface area contributed by atoms with Crippen LogP contribution in [0.4, 0.5) is 0 Å².